The highest BCUT2D eigenvalue weighted by atomic mass is 35.5. The quantitative estimate of drug-likeness (QED) is 0.468. The molecule has 33 heavy (non-hydrogen) atoms. The van der Waals surface area contributed by atoms with Gasteiger partial charge in [0.15, 0.2) is 0 Å². The number of carbonyl (C=O) groups excluding carboxylic acids is 1. The van der Waals surface area contributed by atoms with Crippen LogP contribution in [0.3, 0.4) is 0 Å². The van der Waals surface area contributed by atoms with E-state index in [1.54, 1.807) is 12.1 Å². The minimum atomic E-state index is -0.482. The van der Waals surface area contributed by atoms with E-state index < -0.39 is 6.10 Å². The predicted octanol–water partition coefficient (Wildman–Crippen LogP) is 5.42. The molecular formula is C27H32ClNO4. The Labute approximate surface area is 201 Å². The number of aliphatic hydroxyl groups excluding tert-OH is 1. The second-order valence-electron chi connectivity index (χ2n) is 9.01. The summed E-state index contributed by atoms with van der Waals surface area (Å²) in [6, 6.07) is 11.5. The third-order valence-electron chi connectivity index (χ3n) is 7.01. The molecule has 1 aliphatic heterocycles. The summed E-state index contributed by atoms with van der Waals surface area (Å²) in [6.07, 6.45) is 6.20. The first kappa shape index (κ1) is 23.7. The molecule has 2 aliphatic rings. The number of benzene rings is 2. The Balaban J connectivity index is 1.66. The fraction of sp³-hybridized carbons (Fsp3) is 0.444. The number of carbonyl (C=O) groups is 1. The van der Waals surface area contributed by atoms with Gasteiger partial charge in [-0.3, -0.25) is 0 Å². The number of ether oxygens (including phenoxy) is 2. The van der Waals surface area contributed by atoms with Crippen molar-refractivity contribution in [1.29, 1.82) is 0 Å². The van der Waals surface area contributed by atoms with Crippen molar-refractivity contribution >= 4 is 23.3 Å². The molecule has 4 rings (SSSR count). The molecule has 1 N–H and O–H groups in total. The molecule has 0 spiro atoms. The molecule has 2 aromatic carbocycles. The highest BCUT2D eigenvalue weighted by Gasteiger charge is 2.36. The molecule has 1 fully saturated rings. The fourth-order valence-electron chi connectivity index (χ4n) is 4.91. The third-order valence-corrected chi connectivity index (χ3v) is 7.24. The first-order valence-corrected chi connectivity index (χ1v) is 12.1. The average molecular weight is 470 g/mol. The van der Waals surface area contributed by atoms with Gasteiger partial charge in [0.25, 0.3) is 0 Å². The first-order valence-electron chi connectivity index (χ1n) is 11.7. The van der Waals surface area contributed by atoms with Gasteiger partial charge >= 0.3 is 5.97 Å². The predicted molar refractivity (Wildman–Crippen MR) is 131 cm³/mol. The summed E-state index contributed by atoms with van der Waals surface area (Å²) in [5.74, 6) is 0.968. The highest BCUT2D eigenvalue weighted by molar-refractivity contribution is 6.30. The minimum Gasteiger partial charge on any atom is -0.487 e. The van der Waals surface area contributed by atoms with Crippen LogP contribution in [0.4, 0.5) is 5.69 Å². The van der Waals surface area contributed by atoms with Gasteiger partial charge < -0.3 is 19.5 Å². The number of aliphatic hydroxyl groups is 1. The molecule has 0 bridgehead atoms. The zero-order chi connectivity index (χ0) is 23.4. The van der Waals surface area contributed by atoms with Gasteiger partial charge in [-0.2, -0.15) is 0 Å². The summed E-state index contributed by atoms with van der Waals surface area (Å²) in [4.78, 5) is 14.6. The van der Waals surface area contributed by atoms with E-state index in [-0.39, 0.29) is 11.9 Å². The summed E-state index contributed by atoms with van der Waals surface area (Å²) in [7, 11) is 1.39. The topological polar surface area (TPSA) is 59.0 Å². The monoisotopic (exact) mass is 469 g/mol. The molecule has 1 heterocycles. The molecule has 3 atom stereocenters. The Kier molecular flexibility index (Phi) is 7.61. The summed E-state index contributed by atoms with van der Waals surface area (Å²) in [5.41, 5.74) is 3.75. The van der Waals surface area contributed by atoms with Crippen LogP contribution in [0.15, 0.2) is 49.1 Å². The van der Waals surface area contributed by atoms with Crippen molar-refractivity contribution in [3.8, 4) is 5.75 Å². The van der Waals surface area contributed by atoms with Crippen molar-refractivity contribution in [3.05, 3.63) is 70.8 Å². The highest BCUT2D eigenvalue weighted by Crippen LogP contribution is 2.40. The van der Waals surface area contributed by atoms with Gasteiger partial charge in [0, 0.05) is 18.1 Å². The molecule has 1 aliphatic carbocycles. The van der Waals surface area contributed by atoms with Crippen LogP contribution in [-0.4, -0.2) is 37.4 Å². The summed E-state index contributed by atoms with van der Waals surface area (Å²) >= 11 is 6.25. The smallest absolute Gasteiger partial charge is 0.337 e. The van der Waals surface area contributed by atoms with Crippen LogP contribution in [-0.2, 0) is 17.8 Å². The zero-order valence-corrected chi connectivity index (χ0v) is 19.9. The molecule has 0 aromatic heterocycles. The van der Waals surface area contributed by atoms with Gasteiger partial charge in [0.1, 0.15) is 12.4 Å². The maximum Gasteiger partial charge on any atom is 0.337 e. The molecule has 3 unspecified atom stereocenters. The molecule has 6 heteroatoms. The summed E-state index contributed by atoms with van der Waals surface area (Å²) in [5, 5.41) is 11.1. The summed E-state index contributed by atoms with van der Waals surface area (Å²) in [6.45, 7) is 5.84. The van der Waals surface area contributed by atoms with Crippen LogP contribution < -0.4 is 9.64 Å². The van der Waals surface area contributed by atoms with Crippen LogP contribution in [0.25, 0.3) is 0 Å². The number of nitrogens with zero attached hydrogens (tertiary/aromatic N) is 1. The SMILES string of the molecule is C=CC(O)C1CCC1CN1CCCCc2cc(Cl)ccc2COc2ccc(C(=O)OC)cc21. The van der Waals surface area contributed by atoms with Crippen molar-refractivity contribution in [2.24, 2.45) is 11.8 Å². The van der Waals surface area contributed by atoms with E-state index in [1.165, 1.54) is 12.7 Å². The van der Waals surface area contributed by atoms with Gasteiger partial charge in [-0.25, -0.2) is 4.79 Å². The molecule has 0 amide bonds. The second kappa shape index (κ2) is 10.6. The lowest BCUT2D eigenvalue weighted by Crippen LogP contribution is -2.43. The zero-order valence-electron chi connectivity index (χ0n) is 19.1. The average Bonchev–Trinajstić information content (AvgIpc) is 2.84. The standard InChI is InChI=1S/C27H32ClNO4/c1-3-25(30)23-11-8-20(23)16-29-13-5-4-6-18-14-22(28)10-7-21(18)17-33-26-12-9-19(15-24(26)29)27(31)32-2/h3,7,9-10,12,14-15,20,23,25,30H,1,4-6,8,11,13,16-17H2,2H3. The number of esters is 1. The van der Waals surface area contributed by atoms with Crippen molar-refractivity contribution in [3.63, 3.8) is 0 Å². The van der Waals surface area contributed by atoms with Crippen molar-refractivity contribution in [1.82, 2.24) is 0 Å². The first-order chi connectivity index (χ1) is 16.0. The minimum absolute atomic E-state index is 0.222. The van der Waals surface area contributed by atoms with Crippen LogP contribution in [0.2, 0.25) is 5.02 Å². The molecule has 0 radical (unpaired) electrons. The molecule has 0 saturated heterocycles. The Bertz CT molecular complexity index is 1010. The fourth-order valence-corrected chi connectivity index (χ4v) is 5.11. The van der Waals surface area contributed by atoms with E-state index in [1.807, 2.05) is 30.3 Å². The maximum atomic E-state index is 12.3. The molecular weight excluding hydrogens is 438 g/mol. The van der Waals surface area contributed by atoms with Crippen molar-refractivity contribution < 1.29 is 19.4 Å². The van der Waals surface area contributed by atoms with Crippen molar-refractivity contribution in [2.45, 2.75) is 44.8 Å². The van der Waals surface area contributed by atoms with Gasteiger partial charge in [-0.1, -0.05) is 23.7 Å². The number of hydrogen-bond donors (Lipinski definition) is 1. The summed E-state index contributed by atoms with van der Waals surface area (Å²) < 4.78 is 11.3. The number of rotatable bonds is 5. The number of hydrogen-bond acceptors (Lipinski definition) is 5. The van der Waals surface area contributed by atoms with E-state index in [4.69, 9.17) is 21.1 Å². The lowest BCUT2D eigenvalue weighted by molar-refractivity contribution is 0.0465. The number of aryl methyl sites for hydroxylation is 1. The molecule has 5 nitrogen and oxygen atoms in total. The van der Waals surface area contributed by atoms with E-state index >= 15 is 0 Å². The van der Waals surface area contributed by atoms with Crippen LogP contribution in [0.5, 0.6) is 5.75 Å². The van der Waals surface area contributed by atoms with E-state index in [2.05, 4.69) is 11.5 Å². The van der Waals surface area contributed by atoms with E-state index in [9.17, 15) is 9.90 Å². The van der Waals surface area contributed by atoms with Gasteiger partial charge in [-0.15, -0.1) is 6.58 Å². The van der Waals surface area contributed by atoms with E-state index in [0.29, 0.717) is 18.1 Å². The Morgan fingerprint density at radius 2 is 2.12 bits per heavy atom. The third kappa shape index (κ3) is 5.36. The van der Waals surface area contributed by atoms with Crippen LogP contribution in [0.1, 0.15) is 47.2 Å². The maximum absolute atomic E-state index is 12.3. The Morgan fingerprint density at radius 1 is 1.27 bits per heavy atom. The Hall–Kier alpha value is -2.50. The Morgan fingerprint density at radius 3 is 2.85 bits per heavy atom. The van der Waals surface area contributed by atoms with Gasteiger partial charge in [-0.05, 0) is 85.4 Å². The van der Waals surface area contributed by atoms with Crippen LogP contribution >= 0.6 is 11.6 Å². The van der Waals surface area contributed by atoms with Gasteiger partial charge in [0.2, 0.25) is 0 Å². The van der Waals surface area contributed by atoms with Gasteiger partial charge in [0.05, 0.1) is 24.5 Å². The number of methoxy groups -OCH3 is 1. The number of anilines is 1. The molecule has 1 saturated carbocycles. The molecule has 176 valence electrons. The largest absolute Gasteiger partial charge is 0.487 e. The number of fused-ring (bicyclic) bond motifs is 2. The molecule has 2 aromatic rings. The number of halogens is 1. The van der Waals surface area contributed by atoms with E-state index in [0.717, 1.165) is 67.2 Å². The van der Waals surface area contributed by atoms with Crippen LogP contribution in [0, 0.1) is 11.8 Å². The normalized spacial score (nSPS) is 21.4. The lowest BCUT2D eigenvalue weighted by Gasteiger charge is -2.42. The van der Waals surface area contributed by atoms with Crippen molar-refractivity contribution in [2.75, 3.05) is 25.1 Å². The second-order valence-corrected chi connectivity index (χ2v) is 9.44. The lowest BCUT2D eigenvalue weighted by atomic mass is 9.70.